The Morgan fingerprint density at radius 3 is 2.45 bits per heavy atom. The molecule has 2 heterocycles. The number of nitrogens with zero attached hydrogens (tertiary/aromatic N) is 2. The van der Waals surface area contributed by atoms with Crippen LogP contribution in [0, 0.1) is 17.5 Å². The molecule has 6 nitrogen and oxygen atoms in total. The highest BCUT2D eigenvalue weighted by Gasteiger charge is 2.40. The van der Waals surface area contributed by atoms with Crippen LogP contribution in [0.2, 0.25) is 0 Å². The van der Waals surface area contributed by atoms with Crippen molar-refractivity contribution in [1.29, 1.82) is 0 Å². The standard InChI is InChI=1S/C21H16F3N3O3S/c22-16-15(21(28)26-14-6-2-1-3-7-14)17(23)19-20(18(16)24)31(29,30)10-9-27(19)12-13-5-4-8-25-11-13/h1-8,11H,9-10,12H2,(H,26,28). The van der Waals surface area contributed by atoms with Gasteiger partial charge >= 0.3 is 0 Å². The zero-order valence-corrected chi connectivity index (χ0v) is 16.8. The molecule has 4 rings (SSSR count). The average molecular weight is 447 g/mol. The van der Waals surface area contributed by atoms with E-state index in [0.29, 0.717) is 5.56 Å². The Labute approximate surface area is 176 Å². The molecular weight excluding hydrogens is 431 g/mol. The predicted octanol–water partition coefficient (Wildman–Crippen LogP) is 3.55. The Morgan fingerprint density at radius 1 is 1.03 bits per heavy atom. The van der Waals surface area contributed by atoms with E-state index in [2.05, 4.69) is 10.3 Å². The maximum absolute atomic E-state index is 15.5. The van der Waals surface area contributed by atoms with Crippen LogP contribution >= 0.6 is 0 Å². The van der Waals surface area contributed by atoms with E-state index in [4.69, 9.17) is 0 Å². The molecular formula is C21H16F3N3O3S. The van der Waals surface area contributed by atoms with Crippen molar-refractivity contribution >= 4 is 27.1 Å². The smallest absolute Gasteiger partial charge is 0.261 e. The van der Waals surface area contributed by atoms with Crippen LogP contribution in [0.25, 0.3) is 0 Å². The van der Waals surface area contributed by atoms with Gasteiger partial charge in [0.2, 0.25) is 0 Å². The SMILES string of the molecule is O=C(Nc1ccccc1)c1c(F)c(F)c2c(c1F)N(Cc1cccnc1)CCS2(=O)=O. The van der Waals surface area contributed by atoms with E-state index in [1.165, 1.54) is 29.4 Å². The largest absolute Gasteiger partial charge is 0.363 e. The molecule has 0 spiro atoms. The lowest BCUT2D eigenvalue weighted by Crippen LogP contribution is -2.37. The van der Waals surface area contributed by atoms with Crippen LogP contribution in [0.1, 0.15) is 15.9 Å². The van der Waals surface area contributed by atoms with Gasteiger partial charge < -0.3 is 10.2 Å². The van der Waals surface area contributed by atoms with Crippen LogP contribution in [-0.4, -0.2) is 31.6 Å². The van der Waals surface area contributed by atoms with Crippen molar-refractivity contribution in [3.63, 3.8) is 0 Å². The number of pyridine rings is 1. The van der Waals surface area contributed by atoms with Gasteiger partial charge in [0.05, 0.1) is 11.4 Å². The quantitative estimate of drug-likeness (QED) is 0.619. The van der Waals surface area contributed by atoms with Gasteiger partial charge in [-0.2, -0.15) is 0 Å². The van der Waals surface area contributed by atoms with Gasteiger partial charge in [-0.15, -0.1) is 0 Å². The molecule has 1 aliphatic heterocycles. The Balaban J connectivity index is 1.85. The minimum absolute atomic E-state index is 0.00189. The summed E-state index contributed by atoms with van der Waals surface area (Å²) in [6.45, 7) is -0.163. The molecule has 0 unspecified atom stereocenters. The molecule has 1 aromatic heterocycles. The third-order valence-electron chi connectivity index (χ3n) is 4.87. The first-order valence-corrected chi connectivity index (χ1v) is 10.9. The topological polar surface area (TPSA) is 79.4 Å². The van der Waals surface area contributed by atoms with Gasteiger partial charge in [0.15, 0.2) is 27.3 Å². The number of halogens is 3. The van der Waals surface area contributed by atoms with Gasteiger partial charge in [-0.05, 0) is 23.8 Å². The summed E-state index contributed by atoms with van der Waals surface area (Å²) in [5.41, 5.74) is -1.00. The summed E-state index contributed by atoms with van der Waals surface area (Å²) in [7, 11) is -4.29. The van der Waals surface area contributed by atoms with Crippen molar-refractivity contribution in [2.45, 2.75) is 11.4 Å². The maximum Gasteiger partial charge on any atom is 0.261 e. The minimum atomic E-state index is -4.29. The van der Waals surface area contributed by atoms with Crippen LogP contribution in [0.4, 0.5) is 24.5 Å². The van der Waals surface area contributed by atoms with Crippen molar-refractivity contribution in [2.24, 2.45) is 0 Å². The Morgan fingerprint density at radius 2 is 1.77 bits per heavy atom. The zero-order chi connectivity index (χ0) is 22.2. The number of carbonyl (C=O) groups is 1. The number of anilines is 2. The van der Waals surface area contributed by atoms with E-state index in [1.54, 1.807) is 30.3 Å². The summed E-state index contributed by atoms with van der Waals surface area (Å²) >= 11 is 0. The number of aromatic nitrogens is 1. The normalized spacial score (nSPS) is 14.7. The third-order valence-corrected chi connectivity index (χ3v) is 6.58. The molecule has 1 aliphatic rings. The van der Waals surface area contributed by atoms with E-state index >= 15 is 4.39 Å². The lowest BCUT2D eigenvalue weighted by atomic mass is 10.1. The van der Waals surface area contributed by atoms with Gasteiger partial charge in [-0.1, -0.05) is 24.3 Å². The molecule has 1 N–H and O–H groups in total. The highest BCUT2D eigenvalue weighted by Crippen LogP contribution is 2.39. The number of hydrogen-bond donors (Lipinski definition) is 1. The maximum atomic E-state index is 15.5. The number of fused-ring (bicyclic) bond motifs is 1. The summed E-state index contributed by atoms with van der Waals surface area (Å²) in [6, 6.07) is 11.2. The Hall–Kier alpha value is -3.40. The monoisotopic (exact) mass is 447 g/mol. The molecule has 0 atom stereocenters. The molecule has 2 aromatic carbocycles. The van der Waals surface area contributed by atoms with Crippen molar-refractivity contribution in [3.05, 3.63) is 83.4 Å². The van der Waals surface area contributed by atoms with Crippen molar-refractivity contribution in [2.75, 3.05) is 22.5 Å². The number of hydrogen-bond acceptors (Lipinski definition) is 5. The van der Waals surface area contributed by atoms with Crippen LogP contribution in [-0.2, 0) is 16.4 Å². The summed E-state index contributed by atoms with van der Waals surface area (Å²) in [6.07, 6.45) is 3.02. The lowest BCUT2D eigenvalue weighted by molar-refractivity contribution is 0.101. The lowest BCUT2D eigenvalue weighted by Gasteiger charge is -2.32. The summed E-state index contributed by atoms with van der Waals surface area (Å²) < 4.78 is 70.0. The highest BCUT2D eigenvalue weighted by atomic mass is 32.2. The molecule has 3 aromatic rings. The molecule has 0 saturated carbocycles. The van der Waals surface area contributed by atoms with Crippen molar-refractivity contribution in [1.82, 2.24) is 4.98 Å². The molecule has 0 bridgehead atoms. The van der Waals surface area contributed by atoms with Gasteiger partial charge in [0, 0.05) is 31.2 Å². The average Bonchev–Trinajstić information content (AvgIpc) is 2.74. The first-order chi connectivity index (χ1) is 14.8. The molecule has 1 amide bonds. The molecule has 0 aliphatic carbocycles. The van der Waals surface area contributed by atoms with E-state index in [1.807, 2.05) is 0 Å². The van der Waals surface area contributed by atoms with Crippen molar-refractivity contribution in [3.8, 4) is 0 Å². The van der Waals surface area contributed by atoms with Gasteiger partial charge in [0.1, 0.15) is 10.5 Å². The second-order valence-corrected chi connectivity index (χ2v) is 8.96. The molecule has 0 fully saturated rings. The summed E-state index contributed by atoms with van der Waals surface area (Å²) in [5.74, 6) is -6.81. The van der Waals surface area contributed by atoms with Gasteiger partial charge in [0.25, 0.3) is 5.91 Å². The first-order valence-electron chi connectivity index (χ1n) is 9.23. The number of sulfone groups is 1. The summed E-state index contributed by atoms with van der Waals surface area (Å²) in [4.78, 5) is 16.7. The highest BCUT2D eigenvalue weighted by molar-refractivity contribution is 7.91. The number of rotatable bonds is 4. The molecule has 31 heavy (non-hydrogen) atoms. The fraction of sp³-hybridized carbons (Fsp3) is 0.143. The van der Waals surface area contributed by atoms with Crippen molar-refractivity contribution < 1.29 is 26.4 Å². The van der Waals surface area contributed by atoms with E-state index in [0.717, 1.165) is 0 Å². The van der Waals surface area contributed by atoms with E-state index in [-0.39, 0.29) is 18.8 Å². The van der Waals surface area contributed by atoms with Crippen LogP contribution < -0.4 is 10.2 Å². The number of para-hydroxylation sites is 1. The first kappa shape index (κ1) is 20.9. The molecule has 160 valence electrons. The van der Waals surface area contributed by atoms with Gasteiger partial charge in [-0.25, -0.2) is 21.6 Å². The number of benzene rings is 2. The second-order valence-electron chi connectivity index (χ2n) is 6.92. The Kier molecular flexibility index (Phi) is 5.40. The summed E-state index contributed by atoms with van der Waals surface area (Å²) in [5, 5.41) is 2.30. The molecule has 0 radical (unpaired) electrons. The minimum Gasteiger partial charge on any atom is -0.363 e. The number of amides is 1. The zero-order valence-electron chi connectivity index (χ0n) is 16.0. The number of nitrogens with one attached hydrogen (secondary N) is 1. The molecule has 0 saturated heterocycles. The van der Waals surface area contributed by atoms with Crippen LogP contribution in [0.3, 0.4) is 0 Å². The van der Waals surface area contributed by atoms with Crippen LogP contribution in [0.15, 0.2) is 59.8 Å². The molecule has 10 heteroatoms. The van der Waals surface area contributed by atoms with Crippen LogP contribution in [0.5, 0.6) is 0 Å². The van der Waals surface area contributed by atoms with Gasteiger partial charge in [-0.3, -0.25) is 9.78 Å². The fourth-order valence-electron chi connectivity index (χ4n) is 3.42. The third kappa shape index (κ3) is 3.86. The Bertz CT molecular complexity index is 1250. The number of carbonyl (C=O) groups excluding carboxylic acids is 1. The van der Waals surface area contributed by atoms with E-state index in [9.17, 15) is 22.0 Å². The fourth-order valence-corrected chi connectivity index (χ4v) is 4.96. The second kappa shape index (κ2) is 8.03. The van der Waals surface area contributed by atoms with E-state index < -0.39 is 55.1 Å². The predicted molar refractivity (Wildman–Crippen MR) is 108 cm³/mol.